The van der Waals surface area contributed by atoms with E-state index >= 15 is 0 Å². The molecule has 0 bridgehead atoms. The molecule has 13 heavy (non-hydrogen) atoms. The SMILES string of the molecule is NCCCCCCc1[c]cccc1. The smallest absolute Gasteiger partial charge is 0.00773 e. The predicted octanol–water partition coefficient (Wildman–Crippen LogP) is 2.55. The van der Waals surface area contributed by atoms with Crippen LogP contribution >= 0.6 is 0 Å². The van der Waals surface area contributed by atoms with Gasteiger partial charge in [-0.1, -0.05) is 37.1 Å². The van der Waals surface area contributed by atoms with Crippen LogP contribution in [-0.4, -0.2) is 6.54 Å². The van der Waals surface area contributed by atoms with Crippen LogP contribution in [0.5, 0.6) is 0 Å². The Labute approximate surface area is 81.0 Å². The van der Waals surface area contributed by atoms with Gasteiger partial charge in [0.15, 0.2) is 0 Å². The van der Waals surface area contributed by atoms with E-state index in [2.05, 4.69) is 18.2 Å². The van der Waals surface area contributed by atoms with Gasteiger partial charge >= 0.3 is 0 Å². The summed E-state index contributed by atoms with van der Waals surface area (Å²) in [4.78, 5) is 0. The fourth-order valence-electron chi connectivity index (χ4n) is 1.40. The third-order valence-electron chi connectivity index (χ3n) is 2.17. The van der Waals surface area contributed by atoms with Crippen molar-refractivity contribution in [2.75, 3.05) is 6.54 Å². The Kier molecular flexibility index (Phi) is 5.27. The topological polar surface area (TPSA) is 26.0 Å². The largest absolute Gasteiger partial charge is 0.330 e. The van der Waals surface area contributed by atoms with Gasteiger partial charge in [0.05, 0.1) is 0 Å². The average Bonchev–Trinajstić information content (AvgIpc) is 2.19. The van der Waals surface area contributed by atoms with Gasteiger partial charge in [0, 0.05) is 0 Å². The summed E-state index contributed by atoms with van der Waals surface area (Å²) in [5, 5.41) is 0. The normalized spacial score (nSPS) is 10.2. The molecule has 0 aliphatic carbocycles. The molecule has 0 spiro atoms. The first kappa shape index (κ1) is 10.3. The molecule has 0 saturated carbocycles. The van der Waals surface area contributed by atoms with Gasteiger partial charge < -0.3 is 5.73 Å². The Balaban J connectivity index is 2.07. The maximum Gasteiger partial charge on any atom is -0.00773 e. The minimum Gasteiger partial charge on any atom is -0.330 e. The minimum absolute atomic E-state index is 0.831. The third kappa shape index (κ3) is 4.69. The Morgan fingerprint density at radius 2 is 1.92 bits per heavy atom. The highest BCUT2D eigenvalue weighted by Gasteiger charge is 1.92. The van der Waals surface area contributed by atoms with Gasteiger partial charge in [-0.2, -0.15) is 0 Å². The van der Waals surface area contributed by atoms with Gasteiger partial charge in [0.1, 0.15) is 0 Å². The van der Waals surface area contributed by atoms with E-state index in [1.165, 1.54) is 31.2 Å². The van der Waals surface area contributed by atoms with E-state index in [1.54, 1.807) is 0 Å². The number of aryl methyl sites for hydroxylation is 1. The highest BCUT2D eigenvalue weighted by atomic mass is 14.5. The lowest BCUT2D eigenvalue weighted by molar-refractivity contribution is 0.646. The van der Waals surface area contributed by atoms with Crippen molar-refractivity contribution in [3.63, 3.8) is 0 Å². The number of benzene rings is 1. The number of nitrogens with two attached hydrogens (primary N) is 1. The molecule has 1 nitrogen and oxygen atoms in total. The van der Waals surface area contributed by atoms with Crippen molar-refractivity contribution in [2.45, 2.75) is 32.1 Å². The van der Waals surface area contributed by atoms with Crippen LogP contribution in [-0.2, 0) is 6.42 Å². The number of hydrogen-bond acceptors (Lipinski definition) is 1. The van der Waals surface area contributed by atoms with Crippen LogP contribution < -0.4 is 5.73 Å². The third-order valence-corrected chi connectivity index (χ3v) is 2.17. The molecule has 0 unspecified atom stereocenters. The van der Waals surface area contributed by atoms with Crippen LogP contribution in [0.3, 0.4) is 0 Å². The van der Waals surface area contributed by atoms with Crippen LogP contribution in [0.4, 0.5) is 0 Å². The maximum absolute atomic E-state index is 5.42. The van der Waals surface area contributed by atoms with Crippen molar-refractivity contribution in [1.29, 1.82) is 0 Å². The Morgan fingerprint density at radius 1 is 1.08 bits per heavy atom. The lowest BCUT2D eigenvalue weighted by Crippen LogP contribution is -1.97. The summed E-state index contributed by atoms with van der Waals surface area (Å²) in [5.41, 5.74) is 6.74. The summed E-state index contributed by atoms with van der Waals surface area (Å²) >= 11 is 0. The van der Waals surface area contributed by atoms with Crippen molar-refractivity contribution in [2.24, 2.45) is 5.73 Å². The quantitative estimate of drug-likeness (QED) is 0.662. The van der Waals surface area contributed by atoms with Gasteiger partial charge in [-0.15, -0.1) is 0 Å². The van der Waals surface area contributed by atoms with Crippen LogP contribution in [0.2, 0.25) is 0 Å². The van der Waals surface area contributed by atoms with Gasteiger partial charge in [-0.25, -0.2) is 0 Å². The van der Waals surface area contributed by atoms with Gasteiger partial charge in [-0.05, 0) is 37.4 Å². The molecule has 0 fully saturated rings. The van der Waals surface area contributed by atoms with Gasteiger partial charge in [-0.3, -0.25) is 0 Å². The average molecular weight is 176 g/mol. The van der Waals surface area contributed by atoms with Crippen molar-refractivity contribution in [1.82, 2.24) is 0 Å². The van der Waals surface area contributed by atoms with Crippen molar-refractivity contribution in [3.05, 3.63) is 35.9 Å². The number of hydrogen-bond donors (Lipinski definition) is 1. The van der Waals surface area contributed by atoms with E-state index in [1.807, 2.05) is 12.1 Å². The summed E-state index contributed by atoms with van der Waals surface area (Å²) in [7, 11) is 0. The van der Waals surface area contributed by atoms with E-state index in [4.69, 9.17) is 5.73 Å². The summed E-state index contributed by atoms with van der Waals surface area (Å²) < 4.78 is 0. The Morgan fingerprint density at radius 3 is 2.62 bits per heavy atom. The molecule has 1 heteroatoms. The van der Waals surface area contributed by atoms with E-state index in [0.717, 1.165) is 13.0 Å². The van der Waals surface area contributed by atoms with Crippen LogP contribution in [0, 0.1) is 6.07 Å². The van der Waals surface area contributed by atoms with Gasteiger partial charge in [0.2, 0.25) is 0 Å². The second-order valence-electron chi connectivity index (χ2n) is 3.34. The molecular weight excluding hydrogens is 158 g/mol. The first-order valence-corrected chi connectivity index (χ1v) is 5.09. The summed E-state index contributed by atoms with van der Waals surface area (Å²) in [6, 6.07) is 11.4. The second kappa shape index (κ2) is 6.67. The van der Waals surface area contributed by atoms with Crippen molar-refractivity contribution in [3.8, 4) is 0 Å². The monoisotopic (exact) mass is 176 g/mol. The lowest BCUT2D eigenvalue weighted by Gasteiger charge is -2.00. The molecule has 1 radical (unpaired) electrons. The summed E-state index contributed by atoms with van der Waals surface area (Å²) in [6.45, 7) is 0.831. The summed E-state index contributed by atoms with van der Waals surface area (Å²) in [6.07, 6.45) is 6.15. The zero-order valence-electron chi connectivity index (χ0n) is 8.13. The number of unbranched alkanes of at least 4 members (excludes halogenated alkanes) is 3. The van der Waals surface area contributed by atoms with Crippen LogP contribution in [0.15, 0.2) is 24.3 Å². The summed E-state index contributed by atoms with van der Waals surface area (Å²) in [5.74, 6) is 0. The van der Waals surface area contributed by atoms with Crippen LogP contribution in [0.25, 0.3) is 0 Å². The standard InChI is InChI=1S/C12H18N/c13-11-7-2-1-4-8-12-9-5-3-6-10-12/h3,5-6,9H,1-2,4,7-8,11,13H2. The van der Waals surface area contributed by atoms with Crippen LogP contribution in [0.1, 0.15) is 31.2 Å². The van der Waals surface area contributed by atoms with E-state index in [0.29, 0.717) is 0 Å². The fourth-order valence-corrected chi connectivity index (χ4v) is 1.40. The molecule has 0 aliphatic heterocycles. The maximum atomic E-state index is 5.42. The second-order valence-corrected chi connectivity index (χ2v) is 3.34. The van der Waals surface area contributed by atoms with Gasteiger partial charge in [0.25, 0.3) is 0 Å². The first-order chi connectivity index (χ1) is 6.43. The number of rotatable bonds is 6. The minimum atomic E-state index is 0.831. The first-order valence-electron chi connectivity index (χ1n) is 5.09. The zero-order valence-corrected chi connectivity index (χ0v) is 8.13. The highest BCUT2D eigenvalue weighted by molar-refractivity contribution is 5.12. The molecule has 0 saturated heterocycles. The lowest BCUT2D eigenvalue weighted by atomic mass is 10.1. The molecular formula is C12H18N. The van der Waals surface area contributed by atoms with Crippen molar-refractivity contribution >= 4 is 0 Å². The Bertz CT molecular complexity index is 206. The molecule has 0 atom stereocenters. The van der Waals surface area contributed by atoms with Crippen molar-refractivity contribution < 1.29 is 0 Å². The highest BCUT2D eigenvalue weighted by Crippen LogP contribution is 2.06. The zero-order chi connectivity index (χ0) is 9.36. The van der Waals surface area contributed by atoms with E-state index in [-0.39, 0.29) is 0 Å². The molecule has 1 aromatic rings. The molecule has 1 aromatic carbocycles. The predicted molar refractivity (Wildman–Crippen MR) is 56.5 cm³/mol. The Hall–Kier alpha value is -0.820. The molecule has 0 aliphatic rings. The molecule has 71 valence electrons. The van der Waals surface area contributed by atoms with E-state index < -0.39 is 0 Å². The molecule has 0 heterocycles. The molecule has 0 aromatic heterocycles. The molecule has 2 N–H and O–H groups in total. The fraction of sp³-hybridized carbons (Fsp3) is 0.500. The molecule has 1 rings (SSSR count). The van der Waals surface area contributed by atoms with E-state index in [9.17, 15) is 0 Å². The molecule has 0 amide bonds.